The predicted octanol–water partition coefficient (Wildman–Crippen LogP) is 2.53. The van der Waals surface area contributed by atoms with Crippen LogP contribution in [0.2, 0.25) is 0 Å². The second kappa shape index (κ2) is 7.04. The molecule has 7 heteroatoms. The van der Waals surface area contributed by atoms with Gasteiger partial charge in [-0.3, -0.25) is 4.79 Å². The summed E-state index contributed by atoms with van der Waals surface area (Å²) in [6.07, 6.45) is 0.508. The molecule has 25 heavy (non-hydrogen) atoms. The quantitative estimate of drug-likeness (QED) is 0.852. The van der Waals surface area contributed by atoms with Gasteiger partial charge in [-0.2, -0.15) is 0 Å². The number of ether oxygens (including phenoxy) is 2. The molecule has 1 saturated heterocycles. The Balaban J connectivity index is 1.65. The number of hydrogen-bond acceptors (Lipinski definition) is 5. The van der Waals surface area contributed by atoms with Crippen LogP contribution in [-0.2, 0) is 0 Å². The summed E-state index contributed by atoms with van der Waals surface area (Å²) in [6.45, 7) is 4.72. The van der Waals surface area contributed by atoms with Crippen molar-refractivity contribution in [1.29, 1.82) is 0 Å². The maximum atomic E-state index is 13.8. The lowest BCUT2D eigenvalue weighted by atomic mass is 10.2. The van der Waals surface area contributed by atoms with Gasteiger partial charge in [0, 0.05) is 29.9 Å². The van der Waals surface area contributed by atoms with Gasteiger partial charge in [-0.15, -0.1) is 0 Å². The van der Waals surface area contributed by atoms with E-state index in [0.29, 0.717) is 31.1 Å². The summed E-state index contributed by atoms with van der Waals surface area (Å²) < 4.78 is 24.5. The van der Waals surface area contributed by atoms with Crippen LogP contribution in [0, 0.1) is 19.7 Å². The van der Waals surface area contributed by atoms with Crippen molar-refractivity contribution < 1.29 is 18.7 Å². The average molecular weight is 345 g/mol. The monoisotopic (exact) mass is 345 g/mol. The van der Waals surface area contributed by atoms with Crippen LogP contribution >= 0.6 is 0 Å². The lowest BCUT2D eigenvalue weighted by Gasteiger charge is -2.17. The minimum atomic E-state index is -0.552. The number of hydrogen-bond donors (Lipinski definition) is 0. The van der Waals surface area contributed by atoms with Crippen LogP contribution in [0.15, 0.2) is 24.3 Å². The van der Waals surface area contributed by atoms with Crippen molar-refractivity contribution in [2.45, 2.75) is 26.4 Å². The first-order valence-electron chi connectivity index (χ1n) is 8.08. The van der Waals surface area contributed by atoms with E-state index in [1.807, 2.05) is 19.9 Å². The SMILES string of the molecule is COc1ccc(C(=O)N2CCC(Oc3nc(C)cc(C)n3)C2)cc1F. The highest BCUT2D eigenvalue weighted by Crippen LogP contribution is 2.22. The smallest absolute Gasteiger partial charge is 0.317 e. The van der Waals surface area contributed by atoms with Crippen molar-refractivity contribution in [3.63, 3.8) is 0 Å². The molecule has 1 amide bonds. The fourth-order valence-electron chi connectivity index (χ4n) is 2.89. The molecule has 1 aromatic carbocycles. The highest BCUT2D eigenvalue weighted by Gasteiger charge is 2.29. The first-order valence-corrected chi connectivity index (χ1v) is 8.08. The molecule has 1 aromatic heterocycles. The van der Waals surface area contributed by atoms with E-state index in [0.717, 1.165) is 11.4 Å². The Labute approximate surface area is 145 Å². The summed E-state index contributed by atoms with van der Waals surface area (Å²) in [5, 5.41) is 0. The number of aryl methyl sites for hydroxylation is 2. The number of amides is 1. The summed E-state index contributed by atoms with van der Waals surface area (Å²) in [7, 11) is 1.39. The van der Waals surface area contributed by atoms with E-state index in [1.54, 1.807) is 11.0 Å². The summed E-state index contributed by atoms with van der Waals surface area (Å²) in [4.78, 5) is 22.7. The maximum Gasteiger partial charge on any atom is 0.317 e. The molecule has 1 fully saturated rings. The first-order chi connectivity index (χ1) is 12.0. The molecule has 0 bridgehead atoms. The van der Waals surface area contributed by atoms with Crippen molar-refractivity contribution in [2.75, 3.05) is 20.2 Å². The van der Waals surface area contributed by atoms with E-state index >= 15 is 0 Å². The Morgan fingerprint density at radius 1 is 1.24 bits per heavy atom. The van der Waals surface area contributed by atoms with Gasteiger partial charge in [0.1, 0.15) is 6.10 Å². The lowest BCUT2D eigenvalue weighted by molar-refractivity contribution is 0.0769. The molecule has 0 radical (unpaired) electrons. The zero-order valence-electron chi connectivity index (χ0n) is 14.5. The van der Waals surface area contributed by atoms with E-state index in [4.69, 9.17) is 9.47 Å². The highest BCUT2D eigenvalue weighted by atomic mass is 19.1. The molecule has 2 heterocycles. The van der Waals surface area contributed by atoms with Crippen molar-refractivity contribution in [3.05, 3.63) is 47.0 Å². The van der Waals surface area contributed by atoms with Crippen LogP contribution < -0.4 is 9.47 Å². The van der Waals surface area contributed by atoms with Gasteiger partial charge < -0.3 is 14.4 Å². The van der Waals surface area contributed by atoms with Crippen LogP contribution in [0.1, 0.15) is 28.2 Å². The number of carbonyl (C=O) groups is 1. The fraction of sp³-hybridized carbons (Fsp3) is 0.389. The number of nitrogens with zero attached hydrogens (tertiary/aromatic N) is 3. The summed E-state index contributed by atoms with van der Waals surface area (Å²) in [5.74, 6) is -0.663. The van der Waals surface area contributed by atoms with Gasteiger partial charge in [0.05, 0.1) is 13.7 Å². The Morgan fingerprint density at radius 2 is 1.96 bits per heavy atom. The zero-order chi connectivity index (χ0) is 18.0. The minimum Gasteiger partial charge on any atom is -0.494 e. The molecule has 1 aliphatic heterocycles. The van der Waals surface area contributed by atoms with E-state index < -0.39 is 5.82 Å². The van der Waals surface area contributed by atoms with E-state index in [9.17, 15) is 9.18 Å². The fourth-order valence-corrected chi connectivity index (χ4v) is 2.89. The van der Waals surface area contributed by atoms with E-state index in [-0.39, 0.29) is 17.8 Å². The number of benzene rings is 1. The van der Waals surface area contributed by atoms with Crippen molar-refractivity contribution in [1.82, 2.24) is 14.9 Å². The van der Waals surface area contributed by atoms with Crippen LogP contribution in [0.3, 0.4) is 0 Å². The van der Waals surface area contributed by atoms with Crippen LogP contribution in [0.4, 0.5) is 4.39 Å². The van der Waals surface area contributed by atoms with Gasteiger partial charge >= 0.3 is 6.01 Å². The molecule has 3 rings (SSSR count). The van der Waals surface area contributed by atoms with Gasteiger partial charge in [0.2, 0.25) is 0 Å². The molecule has 132 valence electrons. The van der Waals surface area contributed by atoms with Crippen molar-refractivity contribution in [3.8, 4) is 11.8 Å². The second-order valence-electron chi connectivity index (χ2n) is 6.06. The Kier molecular flexibility index (Phi) is 4.83. The predicted molar refractivity (Wildman–Crippen MR) is 89.4 cm³/mol. The number of aromatic nitrogens is 2. The van der Waals surface area contributed by atoms with Gasteiger partial charge in [0.15, 0.2) is 11.6 Å². The number of likely N-dealkylation sites (tertiary alicyclic amines) is 1. The average Bonchev–Trinajstić information content (AvgIpc) is 3.01. The van der Waals surface area contributed by atoms with Gasteiger partial charge in [-0.05, 0) is 38.1 Å². The standard InChI is InChI=1S/C18H20FN3O3/c1-11-8-12(2)21-18(20-11)25-14-6-7-22(10-14)17(23)13-4-5-16(24-3)15(19)9-13/h4-5,8-9,14H,6-7,10H2,1-3H3. The molecule has 0 saturated carbocycles. The van der Waals surface area contributed by atoms with Crippen LogP contribution in [-0.4, -0.2) is 47.1 Å². The molecule has 1 aliphatic rings. The number of halogens is 1. The maximum absolute atomic E-state index is 13.8. The first kappa shape index (κ1) is 17.1. The number of rotatable bonds is 4. The van der Waals surface area contributed by atoms with Gasteiger partial charge in [-0.25, -0.2) is 14.4 Å². The third-order valence-electron chi connectivity index (χ3n) is 4.06. The number of carbonyl (C=O) groups excluding carboxylic acids is 1. The molecular weight excluding hydrogens is 325 g/mol. The zero-order valence-corrected chi connectivity index (χ0v) is 14.5. The largest absolute Gasteiger partial charge is 0.494 e. The molecule has 0 aliphatic carbocycles. The Hall–Kier alpha value is -2.70. The van der Waals surface area contributed by atoms with Gasteiger partial charge in [0.25, 0.3) is 5.91 Å². The van der Waals surface area contributed by atoms with Crippen molar-refractivity contribution >= 4 is 5.91 Å². The normalized spacial score (nSPS) is 16.8. The molecule has 6 nitrogen and oxygen atoms in total. The molecule has 1 atom stereocenters. The van der Waals surface area contributed by atoms with E-state index in [1.165, 1.54) is 19.2 Å². The molecule has 2 aromatic rings. The third kappa shape index (κ3) is 3.87. The van der Waals surface area contributed by atoms with Crippen LogP contribution in [0.5, 0.6) is 11.8 Å². The molecular formula is C18H20FN3O3. The lowest BCUT2D eigenvalue weighted by Crippen LogP contribution is -2.31. The molecule has 0 N–H and O–H groups in total. The summed E-state index contributed by atoms with van der Waals surface area (Å²) in [6, 6.07) is 6.41. The van der Waals surface area contributed by atoms with Crippen LogP contribution in [0.25, 0.3) is 0 Å². The summed E-state index contributed by atoms with van der Waals surface area (Å²) in [5.41, 5.74) is 1.96. The topological polar surface area (TPSA) is 64.5 Å². The molecule has 0 spiro atoms. The second-order valence-corrected chi connectivity index (χ2v) is 6.06. The Morgan fingerprint density at radius 3 is 2.60 bits per heavy atom. The highest BCUT2D eigenvalue weighted by molar-refractivity contribution is 5.94. The number of methoxy groups -OCH3 is 1. The third-order valence-corrected chi connectivity index (χ3v) is 4.06. The van der Waals surface area contributed by atoms with Gasteiger partial charge in [-0.1, -0.05) is 0 Å². The summed E-state index contributed by atoms with van der Waals surface area (Å²) >= 11 is 0. The van der Waals surface area contributed by atoms with E-state index in [2.05, 4.69) is 9.97 Å². The Bertz CT molecular complexity index is 777. The molecule has 1 unspecified atom stereocenters. The minimum absolute atomic E-state index is 0.117. The van der Waals surface area contributed by atoms with Crippen molar-refractivity contribution in [2.24, 2.45) is 0 Å².